The van der Waals surface area contributed by atoms with E-state index in [1.165, 1.54) is 24.3 Å². The molecule has 2 aromatic carbocycles. The minimum atomic E-state index is -1.06. The number of hydrogen-bond donors (Lipinski definition) is 2. The van der Waals surface area contributed by atoms with Crippen LogP contribution in [0.4, 0.5) is 10.1 Å². The number of furan rings is 1. The zero-order chi connectivity index (χ0) is 24.7. The molecule has 1 fully saturated rings. The van der Waals surface area contributed by atoms with Gasteiger partial charge in [0.05, 0.1) is 22.3 Å². The van der Waals surface area contributed by atoms with E-state index in [1.54, 1.807) is 37.4 Å². The Morgan fingerprint density at radius 1 is 1.17 bits per heavy atom. The summed E-state index contributed by atoms with van der Waals surface area (Å²) in [6, 6.07) is 17.6. The Bertz CT molecular complexity index is 1440. The average Bonchev–Trinajstić information content (AvgIpc) is 3.46. The Labute approximate surface area is 211 Å². The average molecular weight is 508 g/mol. The van der Waals surface area contributed by atoms with Gasteiger partial charge in [0.15, 0.2) is 5.11 Å². The number of carboxylic acids is 1. The maximum atomic E-state index is 14.0. The fourth-order valence-electron chi connectivity index (χ4n) is 4.20. The van der Waals surface area contributed by atoms with E-state index in [4.69, 9.17) is 28.2 Å². The summed E-state index contributed by atoms with van der Waals surface area (Å²) in [6.45, 7) is 1.69. The summed E-state index contributed by atoms with van der Waals surface area (Å²) in [7, 11) is 0. The third-order valence-corrected chi connectivity index (χ3v) is 6.56. The molecule has 0 unspecified atom stereocenters. The van der Waals surface area contributed by atoms with Gasteiger partial charge in [-0.15, -0.1) is 0 Å². The number of halogens is 2. The summed E-state index contributed by atoms with van der Waals surface area (Å²) in [5.74, 6) is -0.395. The number of carboxylic acid groups (broad SMARTS) is 1. The number of pyridine rings is 1. The van der Waals surface area contributed by atoms with Crippen LogP contribution in [0, 0.1) is 12.7 Å². The molecule has 1 aliphatic rings. The molecule has 0 aliphatic carbocycles. The number of nitrogens with one attached hydrogen (secondary N) is 1. The van der Waals surface area contributed by atoms with Gasteiger partial charge < -0.3 is 19.7 Å². The first-order valence-electron chi connectivity index (χ1n) is 10.7. The first-order chi connectivity index (χ1) is 16.8. The second-order valence-electron chi connectivity index (χ2n) is 8.13. The quantitative estimate of drug-likeness (QED) is 0.306. The molecule has 2 atom stereocenters. The summed E-state index contributed by atoms with van der Waals surface area (Å²) >= 11 is 12.1. The number of aromatic carboxylic acids is 1. The van der Waals surface area contributed by atoms with Crippen molar-refractivity contribution in [1.82, 2.24) is 10.3 Å². The lowest BCUT2D eigenvalue weighted by Crippen LogP contribution is -2.29. The fraction of sp³-hybridized carbons (Fsp3) is 0.115. The highest BCUT2D eigenvalue weighted by Gasteiger charge is 2.42. The van der Waals surface area contributed by atoms with Gasteiger partial charge in [0, 0.05) is 17.4 Å². The molecule has 2 aromatic heterocycles. The highest BCUT2D eigenvalue weighted by Crippen LogP contribution is 2.43. The molecule has 0 saturated carbocycles. The first-order valence-corrected chi connectivity index (χ1v) is 11.5. The number of nitrogens with zero attached hydrogens (tertiary/aromatic N) is 2. The van der Waals surface area contributed by atoms with E-state index >= 15 is 0 Å². The second-order valence-corrected chi connectivity index (χ2v) is 8.93. The second kappa shape index (κ2) is 9.13. The molecule has 0 radical (unpaired) electrons. The summed E-state index contributed by atoms with van der Waals surface area (Å²) in [6.07, 6.45) is 1.70. The summed E-state index contributed by atoms with van der Waals surface area (Å²) < 4.78 is 20.3. The van der Waals surface area contributed by atoms with E-state index in [1.807, 2.05) is 23.1 Å². The van der Waals surface area contributed by atoms with E-state index in [2.05, 4.69) is 10.3 Å². The Morgan fingerprint density at radius 3 is 2.71 bits per heavy atom. The predicted octanol–water partition coefficient (Wildman–Crippen LogP) is 6.32. The van der Waals surface area contributed by atoms with Crippen LogP contribution in [0.5, 0.6) is 0 Å². The van der Waals surface area contributed by atoms with Crippen LogP contribution in [-0.2, 0) is 0 Å². The molecule has 1 aliphatic heterocycles. The monoisotopic (exact) mass is 507 g/mol. The summed E-state index contributed by atoms with van der Waals surface area (Å²) in [4.78, 5) is 17.8. The van der Waals surface area contributed by atoms with Gasteiger partial charge in [0.25, 0.3) is 0 Å². The lowest BCUT2D eigenvalue weighted by atomic mass is 10.0. The molecule has 0 amide bonds. The minimum Gasteiger partial charge on any atom is -0.478 e. The third-order valence-electron chi connectivity index (χ3n) is 5.91. The molecule has 35 heavy (non-hydrogen) atoms. The third kappa shape index (κ3) is 4.26. The Hall–Kier alpha value is -3.75. The van der Waals surface area contributed by atoms with Gasteiger partial charge in [-0.3, -0.25) is 4.98 Å². The van der Waals surface area contributed by atoms with Gasteiger partial charge in [-0.05, 0) is 85.4 Å². The molecule has 9 heteroatoms. The standard InChI is InChI=1S/C26H19ClFN3O3S/c1-14-12-16(6-8-19(14)28)31-24(23(30-26(31)35)20-4-2-3-11-29-20)22-10-9-21(34-22)17-13-15(25(32)33)5-7-18(17)27/h2-13,23-24H,1H3,(H,30,35)(H,32,33)/t23-,24-/m0/s1. The highest BCUT2D eigenvalue weighted by atomic mass is 35.5. The molecule has 6 nitrogen and oxygen atoms in total. The van der Waals surface area contributed by atoms with Crippen molar-refractivity contribution < 1.29 is 18.7 Å². The van der Waals surface area contributed by atoms with Crippen LogP contribution in [-0.4, -0.2) is 21.2 Å². The van der Waals surface area contributed by atoms with E-state index in [0.717, 1.165) is 5.69 Å². The predicted molar refractivity (Wildman–Crippen MR) is 135 cm³/mol. The molecule has 1 saturated heterocycles. The Morgan fingerprint density at radius 2 is 2.00 bits per heavy atom. The smallest absolute Gasteiger partial charge is 0.335 e. The number of aromatic nitrogens is 1. The van der Waals surface area contributed by atoms with Crippen LogP contribution >= 0.6 is 23.8 Å². The van der Waals surface area contributed by atoms with Crippen molar-refractivity contribution in [3.05, 3.63) is 106 Å². The van der Waals surface area contributed by atoms with Gasteiger partial charge in [0.2, 0.25) is 0 Å². The lowest BCUT2D eigenvalue weighted by Gasteiger charge is -2.26. The molecular formula is C26H19ClFN3O3S. The van der Waals surface area contributed by atoms with Crippen LogP contribution in [0.3, 0.4) is 0 Å². The Balaban J connectivity index is 1.62. The van der Waals surface area contributed by atoms with Gasteiger partial charge in [-0.2, -0.15) is 0 Å². The van der Waals surface area contributed by atoms with Crippen molar-refractivity contribution in [3.8, 4) is 11.3 Å². The maximum Gasteiger partial charge on any atom is 0.335 e. The SMILES string of the molecule is Cc1cc(N2C(=S)N[C@@H](c3ccccn3)[C@@H]2c2ccc(-c3cc(C(=O)O)ccc3Cl)o2)ccc1F. The fourth-order valence-corrected chi connectivity index (χ4v) is 4.76. The van der Waals surface area contributed by atoms with E-state index < -0.39 is 12.0 Å². The van der Waals surface area contributed by atoms with Crippen LogP contribution in [0.2, 0.25) is 5.02 Å². The van der Waals surface area contributed by atoms with Crippen molar-refractivity contribution >= 4 is 40.6 Å². The van der Waals surface area contributed by atoms with E-state index in [0.29, 0.717) is 38.5 Å². The molecule has 4 aromatic rings. The number of carbonyl (C=O) groups is 1. The Kier molecular flexibility index (Phi) is 6.00. The number of hydrogen-bond acceptors (Lipinski definition) is 4. The van der Waals surface area contributed by atoms with Crippen molar-refractivity contribution in [1.29, 1.82) is 0 Å². The number of aryl methyl sites for hydroxylation is 1. The van der Waals surface area contributed by atoms with Crippen molar-refractivity contribution in [3.63, 3.8) is 0 Å². The van der Waals surface area contributed by atoms with Crippen LogP contribution in [0.25, 0.3) is 11.3 Å². The van der Waals surface area contributed by atoms with Crippen molar-refractivity contribution in [2.45, 2.75) is 19.0 Å². The first kappa shape index (κ1) is 23.0. The summed E-state index contributed by atoms with van der Waals surface area (Å²) in [5.41, 5.74) is 2.51. The van der Waals surface area contributed by atoms with Crippen LogP contribution in [0.15, 0.2) is 77.3 Å². The molecular weight excluding hydrogens is 489 g/mol. The van der Waals surface area contributed by atoms with Gasteiger partial charge in [0.1, 0.15) is 23.4 Å². The maximum absolute atomic E-state index is 14.0. The minimum absolute atomic E-state index is 0.0980. The molecule has 0 bridgehead atoms. The summed E-state index contributed by atoms with van der Waals surface area (Å²) in [5, 5.41) is 13.5. The zero-order valence-corrected chi connectivity index (χ0v) is 20.0. The van der Waals surface area contributed by atoms with E-state index in [-0.39, 0.29) is 17.4 Å². The normalized spacial score (nSPS) is 17.5. The zero-order valence-electron chi connectivity index (χ0n) is 18.4. The van der Waals surface area contributed by atoms with E-state index in [9.17, 15) is 14.3 Å². The number of benzene rings is 2. The topological polar surface area (TPSA) is 78.6 Å². The molecule has 176 valence electrons. The molecule has 2 N–H and O–H groups in total. The van der Waals surface area contributed by atoms with Crippen LogP contribution in [0.1, 0.15) is 39.5 Å². The largest absolute Gasteiger partial charge is 0.478 e. The number of rotatable bonds is 5. The molecule has 3 heterocycles. The highest BCUT2D eigenvalue weighted by molar-refractivity contribution is 7.80. The molecule has 0 spiro atoms. The van der Waals surface area contributed by atoms with Crippen molar-refractivity contribution in [2.75, 3.05) is 4.90 Å². The number of thiocarbonyl (C=S) groups is 1. The number of anilines is 1. The van der Waals surface area contributed by atoms with Gasteiger partial charge in [-0.1, -0.05) is 17.7 Å². The van der Waals surface area contributed by atoms with Crippen LogP contribution < -0.4 is 10.2 Å². The van der Waals surface area contributed by atoms with Crippen molar-refractivity contribution in [2.24, 2.45) is 0 Å². The lowest BCUT2D eigenvalue weighted by molar-refractivity contribution is 0.0697. The van der Waals surface area contributed by atoms with Gasteiger partial charge in [-0.25, -0.2) is 9.18 Å². The molecule has 5 rings (SSSR count). The van der Waals surface area contributed by atoms with Gasteiger partial charge >= 0.3 is 5.97 Å².